The molecule has 2 aromatic rings. The Bertz CT molecular complexity index is 690. The molecule has 0 aliphatic carbocycles. The van der Waals surface area contributed by atoms with Gasteiger partial charge >= 0.3 is 5.69 Å². The van der Waals surface area contributed by atoms with E-state index in [4.69, 9.17) is 5.73 Å². The molecule has 0 bridgehead atoms. The molecular weight excluding hydrogens is 236 g/mol. The fraction of sp³-hybridized carbons (Fsp3) is 0.500. The monoisotopic (exact) mass is 250 g/mol. The van der Waals surface area contributed by atoms with Gasteiger partial charge in [-0.3, -0.25) is 9.78 Å². The number of rotatable bonds is 1. The predicted molar refractivity (Wildman–Crippen MR) is 67.2 cm³/mol. The number of imidazole rings is 1. The van der Waals surface area contributed by atoms with Gasteiger partial charge in [-0.15, -0.1) is 0 Å². The topological polar surface area (TPSA) is 113 Å². The van der Waals surface area contributed by atoms with E-state index in [1.165, 1.54) is 4.68 Å². The summed E-state index contributed by atoms with van der Waals surface area (Å²) in [6.07, 6.45) is 3.19. The molecule has 0 saturated carbocycles. The predicted octanol–water partition coefficient (Wildman–Crippen LogP) is -0.883. The molecular formula is C10H14N6O2. The van der Waals surface area contributed by atoms with Gasteiger partial charge in [0, 0.05) is 13.1 Å². The lowest BCUT2D eigenvalue weighted by Crippen LogP contribution is -2.47. The highest BCUT2D eigenvalue weighted by Crippen LogP contribution is 2.11. The summed E-state index contributed by atoms with van der Waals surface area (Å²) < 4.78 is 1.41. The molecule has 1 saturated heterocycles. The number of fused-ring (bicyclic) bond motifs is 1. The van der Waals surface area contributed by atoms with Crippen LogP contribution in [0.15, 0.2) is 9.59 Å². The molecule has 0 radical (unpaired) electrons. The first-order valence-corrected chi connectivity index (χ1v) is 5.92. The second kappa shape index (κ2) is 3.90. The van der Waals surface area contributed by atoms with Crippen molar-refractivity contribution in [2.75, 3.05) is 23.8 Å². The molecule has 8 nitrogen and oxygen atoms in total. The number of hydrogen-bond donors (Lipinski definition) is 3. The highest BCUT2D eigenvalue weighted by molar-refractivity contribution is 5.72. The number of H-pyrrole nitrogens is 2. The van der Waals surface area contributed by atoms with E-state index in [0.29, 0.717) is 5.65 Å². The Hall–Kier alpha value is -2.25. The smallest absolute Gasteiger partial charge is 0.349 e. The fourth-order valence-corrected chi connectivity index (χ4v) is 2.34. The van der Waals surface area contributed by atoms with E-state index in [1.54, 1.807) is 0 Å². The fourth-order valence-electron chi connectivity index (χ4n) is 2.34. The number of hydrogen-bond acceptors (Lipinski definition) is 5. The summed E-state index contributed by atoms with van der Waals surface area (Å²) in [5.74, 6) is 0.131. The zero-order chi connectivity index (χ0) is 12.7. The van der Waals surface area contributed by atoms with Crippen molar-refractivity contribution in [3.8, 4) is 0 Å². The number of nitrogens with one attached hydrogen (secondary N) is 2. The van der Waals surface area contributed by atoms with Gasteiger partial charge in [-0.25, -0.2) is 4.79 Å². The third-order valence-corrected chi connectivity index (χ3v) is 3.16. The second-order valence-corrected chi connectivity index (χ2v) is 4.41. The molecule has 0 spiro atoms. The van der Waals surface area contributed by atoms with Crippen LogP contribution >= 0.6 is 0 Å². The van der Waals surface area contributed by atoms with Crippen molar-refractivity contribution in [2.45, 2.75) is 19.3 Å². The summed E-state index contributed by atoms with van der Waals surface area (Å²) in [4.78, 5) is 32.5. The molecule has 1 aliphatic heterocycles. The number of aromatic nitrogens is 4. The van der Waals surface area contributed by atoms with E-state index < -0.39 is 11.2 Å². The van der Waals surface area contributed by atoms with Crippen LogP contribution in [0.5, 0.6) is 0 Å². The number of nitrogens with zero attached hydrogens (tertiary/aromatic N) is 3. The summed E-state index contributed by atoms with van der Waals surface area (Å²) in [5, 5.41) is 1.89. The first kappa shape index (κ1) is 10.9. The van der Waals surface area contributed by atoms with Crippen molar-refractivity contribution in [3.63, 3.8) is 0 Å². The van der Waals surface area contributed by atoms with Gasteiger partial charge in [0.1, 0.15) is 0 Å². The molecule has 4 N–H and O–H groups in total. The summed E-state index contributed by atoms with van der Waals surface area (Å²) in [7, 11) is 0. The largest absolute Gasteiger partial charge is 0.369 e. The minimum Gasteiger partial charge on any atom is -0.369 e. The highest BCUT2D eigenvalue weighted by Gasteiger charge is 2.18. The standard InChI is InChI=1S/C10H14N6O2/c11-9-12-6-7(13-9)16(10(18)14-8(6)17)15-4-2-1-3-5-15/h1-5H2,(H3,11,12,13)(H,14,17,18). The molecule has 3 heterocycles. The van der Waals surface area contributed by atoms with Crippen LogP contribution in [0.1, 0.15) is 19.3 Å². The molecule has 8 heteroatoms. The first-order valence-electron chi connectivity index (χ1n) is 5.92. The van der Waals surface area contributed by atoms with E-state index in [0.717, 1.165) is 32.4 Å². The molecule has 0 amide bonds. The van der Waals surface area contributed by atoms with Crippen molar-refractivity contribution in [3.05, 3.63) is 20.8 Å². The summed E-state index contributed by atoms with van der Waals surface area (Å²) in [6, 6.07) is 0. The Morgan fingerprint density at radius 3 is 2.56 bits per heavy atom. The van der Waals surface area contributed by atoms with Gasteiger partial charge in [-0.2, -0.15) is 9.66 Å². The van der Waals surface area contributed by atoms with Crippen LogP contribution in [0.4, 0.5) is 5.95 Å². The van der Waals surface area contributed by atoms with Crippen LogP contribution in [-0.4, -0.2) is 32.7 Å². The molecule has 3 rings (SSSR count). The van der Waals surface area contributed by atoms with Crippen molar-refractivity contribution in [2.24, 2.45) is 0 Å². The van der Waals surface area contributed by atoms with E-state index in [2.05, 4.69) is 15.0 Å². The minimum atomic E-state index is -0.493. The number of nitrogen functional groups attached to an aromatic ring is 1. The van der Waals surface area contributed by atoms with E-state index in [9.17, 15) is 9.59 Å². The molecule has 1 aliphatic rings. The number of piperidine rings is 1. The third-order valence-electron chi connectivity index (χ3n) is 3.16. The maximum Gasteiger partial charge on any atom is 0.349 e. The van der Waals surface area contributed by atoms with Crippen LogP contribution in [0.25, 0.3) is 11.2 Å². The first-order chi connectivity index (χ1) is 8.66. The van der Waals surface area contributed by atoms with Gasteiger partial charge in [0.05, 0.1) is 0 Å². The van der Waals surface area contributed by atoms with Crippen LogP contribution in [0, 0.1) is 0 Å². The van der Waals surface area contributed by atoms with Crippen LogP contribution in [0.3, 0.4) is 0 Å². The molecule has 18 heavy (non-hydrogen) atoms. The Morgan fingerprint density at radius 2 is 1.83 bits per heavy atom. The van der Waals surface area contributed by atoms with Gasteiger partial charge in [0.15, 0.2) is 17.1 Å². The van der Waals surface area contributed by atoms with E-state index in [-0.39, 0.29) is 11.5 Å². The Morgan fingerprint density at radius 1 is 1.11 bits per heavy atom. The number of aromatic amines is 2. The van der Waals surface area contributed by atoms with Crippen molar-refractivity contribution < 1.29 is 0 Å². The molecule has 96 valence electrons. The SMILES string of the molecule is Nc1nc2c([nH]1)c(=O)[nH]c(=O)n2N1CCCCC1. The molecule has 0 atom stereocenters. The highest BCUT2D eigenvalue weighted by atomic mass is 16.2. The molecule has 0 unspecified atom stereocenters. The minimum absolute atomic E-state index is 0.131. The average Bonchev–Trinajstić information content (AvgIpc) is 2.72. The van der Waals surface area contributed by atoms with Crippen LogP contribution in [0.2, 0.25) is 0 Å². The maximum absolute atomic E-state index is 11.9. The average molecular weight is 250 g/mol. The van der Waals surface area contributed by atoms with E-state index >= 15 is 0 Å². The van der Waals surface area contributed by atoms with E-state index in [1.807, 2.05) is 5.01 Å². The zero-order valence-corrected chi connectivity index (χ0v) is 9.77. The Kier molecular flexibility index (Phi) is 2.35. The molecule has 2 aromatic heterocycles. The van der Waals surface area contributed by atoms with Crippen molar-refractivity contribution in [1.82, 2.24) is 19.6 Å². The third kappa shape index (κ3) is 1.57. The summed E-state index contributed by atoms with van der Waals surface area (Å²) >= 11 is 0. The Balaban J connectivity index is 2.26. The number of nitrogens with two attached hydrogens (primary N) is 1. The van der Waals surface area contributed by atoms with Crippen molar-refractivity contribution >= 4 is 17.1 Å². The molecule has 1 fully saturated rings. The summed E-state index contributed by atoms with van der Waals surface area (Å²) in [5.41, 5.74) is 5.12. The lowest BCUT2D eigenvalue weighted by atomic mass is 10.2. The zero-order valence-electron chi connectivity index (χ0n) is 9.77. The second-order valence-electron chi connectivity index (χ2n) is 4.41. The lowest BCUT2D eigenvalue weighted by Gasteiger charge is -2.29. The van der Waals surface area contributed by atoms with Gasteiger partial charge in [0.25, 0.3) is 5.56 Å². The van der Waals surface area contributed by atoms with Gasteiger partial charge in [-0.1, -0.05) is 0 Å². The summed E-state index contributed by atoms with van der Waals surface area (Å²) in [6.45, 7) is 1.54. The van der Waals surface area contributed by atoms with Crippen LogP contribution in [-0.2, 0) is 0 Å². The van der Waals surface area contributed by atoms with Gasteiger partial charge in [0.2, 0.25) is 0 Å². The van der Waals surface area contributed by atoms with Crippen molar-refractivity contribution in [1.29, 1.82) is 0 Å². The molecule has 0 aromatic carbocycles. The quantitative estimate of drug-likeness (QED) is 0.608. The normalized spacial score (nSPS) is 16.3. The Labute approximate surface area is 101 Å². The van der Waals surface area contributed by atoms with Gasteiger partial charge < -0.3 is 15.7 Å². The lowest BCUT2D eigenvalue weighted by molar-refractivity contribution is 0.472. The van der Waals surface area contributed by atoms with Crippen LogP contribution < -0.4 is 22.0 Å². The number of anilines is 1. The van der Waals surface area contributed by atoms with Gasteiger partial charge in [-0.05, 0) is 19.3 Å². The maximum atomic E-state index is 11.9.